The molecule has 1 aliphatic heterocycles. The Kier molecular flexibility index (Phi) is 7.23. The number of benzene rings is 1. The molecule has 2 fully saturated rings. The van der Waals surface area contributed by atoms with Crippen LogP contribution in [0.25, 0.3) is 0 Å². The summed E-state index contributed by atoms with van der Waals surface area (Å²) < 4.78 is 5.03. The zero-order valence-electron chi connectivity index (χ0n) is 19.4. The number of rotatable bonds is 7. The molecule has 2 aliphatic rings. The van der Waals surface area contributed by atoms with E-state index in [9.17, 15) is 14.4 Å². The van der Waals surface area contributed by atoms with Crippen molar-refractivity contribution in [3.05, 3.63) is 47.0 Å². The van der Waals surface area contributed by atoms with Gasteiger partial charge in [-0.25, -0.2) is 4.98 Å². The van der Waals surface area contributed by atoms with Crippen molar-refractivity contribution in [2.45, 2.75) is 51.1 Å². The molecule has 1 atom stereocenters. The lowest BCUT2D eigenvalue weighted by molar-refractivity contribution is -0.127. The van der Waals surface area contributed by atoms with Crippen LogP contribution in [0.3, 0.4) is 0 Å². The number of hydrogen-bond acceptors (Lipinski definition) is 5. The molecule has 0 radical (unpaired) electrons. The number of methoxy groups -OCH3 is 1. The molecule has 1 spiro atoms. The van der Waals surface area contributed by atoms with Crippen LogP contribution in [0, 0.1) is 5.41 Å². The van der Waals surface area contributed by atoms with E-state index in [0.29, 0.717) is 43.9 Å². The Morgan fingerprint density at radius 2 is 2.06 bits per heavy atom. The molecule has 182 valence electrons. The summed E-state index contributed by atoms with van der Waals surface area (Å²) in [6, 6.07) is 7.09. The average Bonchev–Trinajstić information content (AvgIpc) is 3.42. The summed E-state index contributed by atoms with van der Waals surface area (Å²) in [4.78, 5) is 47.3. The first-order valence-corrected chi connectivity index (χ1v) is 11.9. The smallest absolute Gasteiger partial charge is 0.272 e. The highest BCUT2D eigenvalue weighted by Crippen LogP contribution is 2.46. The lowest BCUT2D eigenvalue weighted by Gasteiger charge is -2.36. The number of imidazole rings is 1. The number of anilines is 1. The van der Waals surface area contributed by atoms with Crippen LogP contribution in [-0.2, 0) is 9.53 Å². The molecule has 10 heteroatoms. The number of amides is 3. The van der Waals surface area contributed by atoms with Gasteiger partial charge in [0.05, 0.1) is 18.3 Å². The van der Waals surface area contributed by atoms with E-state index in [-0.39, 0.29) is 40.7 Å². The highest BCUT2D eigenvalue weighted by atomic mass is 35.5. The molecule has 2 heterocycles. The number of carbonyl (C=O) groups excluding carboxylic acids is 3. The second-order valence-electron chi connectivity index (χ2n) is 9.17. The molecule has 1 aromatic carbocycles. The van der Waals surface area contributed by atoms with E-state index in [4.69, 9.17) is 16.3 Å². The molecular weight excluding hydrogens is 458 g/mol. The Bertz CT molecular complexity index is 1060. The standard InChI is InChI=1S/C24H30ClN5O4/c1-15(13-34-2)28-21(31)19-20(27-14-26-19)22(32)29-17-6-8-24(9-7-17)10-11-30(23(24)33)18-5-3-4-16(25)12-18/h3-5,12,14-15,17H,6-11,13H2,1-2H3,(H,26,27)(H,28,31)(H,29,32)/t15?,17-,24-. The van der Waals surface area contributed by atoms with Crippen LogP contribution in [0.4, 0.5) is 5.69 Å². The number of nitrogens with zero attached hydrogens (tertiary/aromatic N) is 2. The minimum atomic E-state index is -0.434. The van der Waals surface area contributed by atoms with Crippen molar-refractivity contribution in [1.29, 1.82) is 0 Å². The van der Waals surface area contributed by atoms with Crippen LogP contribution in [0.15, 0.2) is 30.6 Å². The summed E-state index contributed by atoms with van der Waals surface area (Å²) in [6.07, 6.45) is 4.94. The van der Waals surface area contributed by atoms with Gasteiger partial charge in [0.15, 0.2) is 5.69 Å². The number of H-pyrrole nitrogens is 1. The summed E-state index contributed by atoms with van der Waals surface area (Å²) in [6.45, 7) is 2.84. The molecule has 4 rings (SSSR count). The maximum absolute atomic E-state index is 13.3. The summed E-state index contributed by atoms with van der Waals surface area (Å²) in [5, 5.41) is 6.38. The largest absolute Gasteiger partial charge is 0.383 e. The molecule has 9 nitrogen and oxygen atoms in total. The molecule has 1 aromatic heterocycles. The first-order valence-electron chi connectivity index (χ1n) is 11.5. The third kappa shape index (κ3) is 4.95. The van der Waals surface area contributed by atoms with Crippen LogP contribution >= 0.6 is 11.6 Å². The van der Waals surface area contributed by atoms with Crippen molar-refractivity contribution in [3.8, 4) is 0 Å². The molecule has 3 N–H and O–H groups in total. The van der Waals surface area contributed by atoms with Gasteiger partial charge in [-0.3, -0.25) is 14.4 Å². The number of nitrogens with one attached hydrogen (secondary N) is 3. The van der Waals surface area contributed by atoms with Crippen molar-refractivity contribution < 1.29 is 19.1 Å². The maximum atomic E-state index is 13.3. The van der Waals surface area contributed by atoms with Gasteiger partial charge < -0.3 is 25.3 Å². The summed E-state index contributed by atoms with van der Waals surface area (Å²) in [7, 11) is 1.55. The van der Waals surface area contributed by atoms with E-state index in [2.05, 4.69) is 20.6 Å². The van der Waals surface area contributed by atoms with E-state index < -0.39 is 5.91 Å². The van der Waals surface area contributed by atoms with Gasteiger partial charge in [0, 0.05) is 36.4 Å². The van der Waals surface area contributed by atoms with Gasteiger partial charge in [0.2, 0.25) is 5.91 Å². The van der Waals surface area contributed by atoms with Crippen LogP contribution in [0.2, 0.25) is 5.02 Å². The topological polar surface area (TPSA) is 116 Å². The second-order valence-corrected chi connectivity index (χ2v) is 9.61. The van der Waals surface area contributed by atoms with E-state index in [1.165, 1.54) is 6.33 Å². The highest BCUT2D eigenvalue weighted by molar-refractivity contribution is 6.31. The lowest BCUT2D eigenvalue weighted by Crippen LogP contribution is -2.44. The Labute approximate surface area is 203 Å². The van der Waals surface area contributed by atoms with Gasteiger partial charge in [-0.1, -0.05) is 17.7 Å². The van der Waals surface area contributed by atoms with Gasteiger partial charge in [-0.15, -0.1) is 0 Å². The molecule has 3 amide bonds. The third-order valence-corrected chi connectivity index (χ3v) is 7.02. The quantitative estimate of drug-likeness (QED) is 0.555. The number of ether oxygens (including phenoxy) is 1. The molecule has 34 heavy (non-hydrogen) atoms. The minimum absolute atomic E-state index is 0.0517. The van der Waals surface area contributed by atoms with Crippen molar-refractivity contribution in [3.63, 3.8) is 0 Å². The summed E-state index contributed by atoms with van der Waals surface area (Å²) in [5.74, 6) is -0.672. The Morgan fingerprint density at radius 3 is 2.76 bits per heavy atom. The first kappa shape index (κ1) is 24.2. The van der Waals surface area contributed by atoms with Gasteiger partial charge in [0.1, 0.15) is 5.69 Å². The first-order chi connectivity index (χ1) is 16.3. The SMILES string of the molecule is COCC(C)NC(=O)c1nc[nH]c1C(=O)N[C@H]1CC[C@@]2(CCN(c3cccc(Cl)c3)C2=O)CC1. The van der Waals surface area contributed by atoms with Gasteiger partial charge in [-0.2, -0.15) is 0 Å². The van der Waals surface area contributed by atoms with Gasteiger partial charge >= 0.3 is 0 Å². The maximum Gasteiger partial charge on any atom is 0.272 e. The fourth-order valence-electron chi connectivity index (χ4n) is 4.97. The molecule has 2 aromatic rings. The van der Waals surface area contributed by atoms with Crippen LogP contribution in [-0.4, -0.2) is 60.0 Å². The minimum Gasteiger partial charge on any atom is -0.383 e. The Balaban J connectivity index is 1.34. The van der Waals surface area contributed by atoms with Gasteiger partial charge in [-0.05, 0) is 57.2 Å². The zero-order chi connectivity index (χ0) is 24.3. The Morgan fingerprint density at radius 1 is 1.29 bits per heavy atom. The van der Waals surface area contributed by atoms with Crippen molar-refractivity contribution in [2.24, 2.45) is 5.41 Å². The normalized spacial score (nSPS) is 23.2. The number of carbonyl (C=O) groups is 3. The van der Waals surface area contributed by atoms with Crippen LogP contribution in [0.1, 0.15) is 60.0 Å². The van der Waals surface area contributed by atoms with Crippen LogP contribution in [0.5, 0.6) is 0 Å². The van der Waals surface area contributed by atoms with Crippen LogP contribution < -0.4 is 15.5 Å². The highest BCUT2D eigenvalue weighted by Gasteiger charge is 2.48. The van der Waals surface area contributed by atoms with E-state index in [0.717, 1.165) is 12.1 Å². The zero-order valence-corrected chi connectivity index (χ0v) is 20.2. The van der Waals surface area contributed by atoms with E-state index in [1.807, 2.05) is 30.0 Å². The molecule has 1 saturated carbocycles. The fraction of sp³-hybridized carbons (Fsp3) is 0.500. The fourth-order valence-corrected chi connectivity index (χ4v) is 5.15. The average molecular weight is 488 g/mol. The van der Waals surface area contributed by atoms with Crippen molar-refractivity contribution >= 4 is 35.0 Å². The second kappa shape index (κ2) is 10.1. The monoisotopic (exact) mass is 487 g/mol. The summed E-state index contributed by atoms with van der Waals surface area (Å²) in [5.41, 5.74) is 0.622. The predicted molar refractivity (Wildman–Crippen MR) is 128 cm³/mol. The third-order valence-electron chi connectivity index (χ3n) is 6.79. The van der Waals surface area contributed by atoms with E-state index >= 15 is 0 Å². The lowest BCUT2D eigenvalue weighted by atomic mass is 9.71. The molecule has 1 aliphatic carbocycles. The van der Waals surface area contributed by atoms with Crippen molar-refractivity contribution in [1.82, 2.24) is 20.6 Å². The van der Waals surface area contributed by atoms with Crippen molar-refractivity contribution in [2.75, 3.05) is 25.2 Å². The van der Waals surface area contributed by atoms with E-state index in [1.54, 1.807) is 13.2 Å². The summed E-state index contributed by atoms with van der Waals surface area (Å²) >= 11 is 6.11. The van der Waals surface area contributed by atoms with Gasteiger partial charge in [0.25, 0.3) is 11.8 Å². The number of halogens is 1. The number of aromatic amines is 1. The molecular formula is C24H30ClN5O4. The molecule has 1 saturated heterocycles. The number of hydrogen-bond donors (Lipinski definition) is 3. The molecule has 0 bridgehead atoms. The Hall–Kier alpha value is -2.91. The predicted octanol–water partition coefficient (Wildman–Crippen LogP) is 2.92. The molecule has 1 unspecified atom stereocenters. The number of aromatic nitrogens is 2.